The summed E-state index contributed by atoms with van der Waals surface area (Å²) in [6.07, 6.45) is 0. The topological polar surface area (TPSA) is 0 Å². The summed E-state index contributed by atoms with van der Waals surface area (Å²) < 4.78 is 38.9. The van der Waals surface area contributed by atoms with Crippen molar-refractivity contribution in [3.05, 3.63) is 59.9 Å². The molecule has 0 saturated carbocycles. The van der Waals surface area contributed by atoms with Crippen LogP contribution in [0.2, 0.25) is 0 Å². The summed E-state index contributed by atoms with van der Waals surface area (Å²) in [5.41, 5.74) is 0.535. The van der Waals surface area contributed by atoms with E-state index < -0.39 is 17.5 Å². The highest BCUT2D eigenvalue weighted by atomic mass is 19.2. The molecule has 2 aromatic rings. The Morgan fingerprint density at radius 1 is 0.800 bits per heavy atom. The van der Waals surface area contributed by atoms with Crippen LogP contribution in [-0.2, 0) is 0 Å². The maximum absolute atomic E-state index is 13.3. The average molecular weight is 207 g/mol. The first-order chi connectivity index (χ1) is 7.20. The van der Waals surface area contributed by atoms with Gasteiger partial charge in [-0.3, -0.25) is 0 Å². The molecule has 3 heteroatoms. The Morgan fingerprint density at radius 2 is 1.47 bits per heavy atom. The molecular formula is C12H6F3. The second-order valence-electron chi connectivity index (χ2n) is 3.01. The first-order valence-electron chi connectivity index (χ1n) is 4.30. The van der Waals surface area contributed by atoms with E-state index in [2.05, 4.69) is 6.07 Å². The molecule has 0 amide bonds. The Labute approximate surface area is 85.0 Å². The van der Waals surface area contributed by atoms with Crippen LogP contribution in [0.5, 0.6) is 0 Å². The molecule has 0 aliphatic rings. The van der Waals surface area contributed by atoms with Gasteiger partial charge in [0.25, 0.3) is 0 Å². The van der Waals surface area contributed by atoms with Crippen LogP contribution in [0.15, 0.2) is 36.4 Å². The first kappa shape index (κ1) is 9.77. The molecule has 0 unspecified atom stereocenters. The molecule has 0 aliphatic heterocycles. The Balaban J connectivity index is 2.60. The summed E-state index contributed by atoms with van der Waals surface area (Å²) in [5, 5.41) is 0. The smallest absolute Gasteiger partial charge is 0.195 e. The normalized spacial score (nSPS) is 10.3. The molecule has 0 heterocycles. The maximum atomic E-state index is 13.3. The van der Waals surface area contributed by atoms with Gasteiger partial charge in [0.05, 0.1) is 0 Å². The Morgan fingerprint density at radius 3 is 2.13 bits per heavy atom. The molecule has 0 saturated heterocycles. The van der Waals surface area contributed by atoms with Crippen molar-refractivity contribution in [2.75, 3.05) is 0 Å². The van der Waals surface area contributed by atoms with Crippen LogP contribution in [0.4, 0.5) is 13.2 Å². The van der Waals surface area contributed by atoms with Crippen molar-refractivity contribution in [3.8, 4) is 11.1 Å². The van der Waals surface area contributed by atoms with Crippen LogP contribution >= 0.6 is 0 Å². The Kier molecular flexibility index (Phi) is 2.46. The fraction of sp³-hybridized carbons (Fsp3) is 0. The van der Waals surface area contributed by atoms with Crippen molar-refractivity contribution < 1.29 is 13.2 Å². The van der Waals surface area contributed by atoms with Gasteiger partial charge in [0, 0.05) is 5.56 Å². The molecule has 2 aromatic carbocycles. The first-order valence-corrected chi connectivity index (χ1v) is 4.30. The van der Waals surface area contributed by atoms with Gasteiger partial charge in [0.1, 0.15) is 0 Å². The highest BCUT2D eigenvalue weighted by molar-refractivity contribution is 5.63. The predicted molar refractivity (Wildman–Crippen MR) is 50.6 cm³/mol. The quantitative estimate of drug-likeness (QED) is 0.627. The predicted octanol–water partition coefficient (Wildman–Crippen LogP) is 3.57. The lowest BCUT2D eigenvalue weighted by Crippen LogP contribution is -1.93. The average Bonchev–Trinajstić information content (AvgIpc) is 2.27. The van der Waals surface area contributed by atoms with Crippen LogP contribution < -0.4 is 0 Å². The lowest BCUT2D eigenvalue weighted by Gasteiger charge is -2.04. The van der Waals surface area contributed by atoms with Crippen molar-refractivity contribution >= 4 is 0 Å². The van der Waals surface area contributed by atoms with Gasteiger partial charge in [-0.2, -0.15) is 0 Å². The minimum atomic E-state index is -1.44. The van der Waals surface area contributed by atoms with Crippen molar-refractivity contribution in [2.45, 2.75) is 0 Å². The SMILES string of the molecule is Fc1ccc(-c2cc[c]cc2)c(F)c1F. The van der Waals surface area contributed by atoms with Gasteiger partial charge < -0.3 is 0 Å². The minimum absolute atomic E-state index is 0.0444. The van der Waals surface area contributed by atoms with Gasteiger partial charge in [0.2, 0.25) is 0 Å². The largest absolute Gasteiger partial charge is 0.204 e. The van der Waals surface area contributed by atoms with Crippen LogP contribution in [0.1, 0.15) is 0 Å². The van der Waals surface area contributed by atoms with Crippen LogP contribution in [0.25, 0.3) is 11.1 Å². The van der Waals surface area contributed by atoms with E-state index in [0.29, 0.717) is 5.56 Å². The van der Waals surface area contributed by atoms with Crippen molar-refractivity contribution in [1.29, 1.82) is 0 Å². The van der Waals surface area contributed by atoms with Crippen molar-refractivity contribution in [2.24, 2.45) is 0 Å². The third-order valence-corrected chi connectivity index (χ3v) is 2.06. The highest BCUT2D eigenvalue weighted by Crippen LogP contribution is 2.25. The number of halogens is 3. The van der Waals surface area contributed by atoms with E-state index in [1.807, 2.05) is 0 Å². The molecule has 75 valence electrons. The van der Waals surface area contributed by atoms with Gasteiger partial charge in [-0.25, -0.2) is 13.2 Å². The number of rotatable bonds is 1. The molecule has 1 radical (unpaired) electrons. The van der Waals surface area contributed by atoms with E-state index in [1.165, 1.54) is 6.07 Å². The molecule has 0 bridgehead atoms. The molecule has 0 atom stereocenters. The fourth-order valence-electron chi connectivity index (χ4n) is 1.32. The standard InChI is InChI=1S/C12H6F3/c13-10-7-6-9(11(14)12(10)15)8-4-2-1-3-5-8/h2-7H. The zero-order valence-electron chi connectivity index (χ0n) is 7.60. The fourth-order valence-corrected chi connectivity index (χ4v) is 1.32. The number of hydrogen-bond donors (Lipinski definition) is 0. The third-order valence-electron chi connectivity index (χ3n) is 2.06. The van der Waals surface area contributed by atoms with E-state index in [9.17, 15) is 13.2 Å². The van der Waals surface area contributed by atoms with Crippen LogP contribution in [0.3, 0.4) is 0 Å². The lowest BCUT2D eigenvalue weighted by molar-refractivity contribution is 0.449. The Hall–Kier alpha value is -1.77. The molecule has 0 aromatic heterocycles. The molecular weight excluding hydrogens is 201 g/mol. The van der Waals surface area contributed by atoms with Gasteiger partial charge in [-0.05, 0) is 23.8 Å². The van der Waals surface area contributed by atoms with Gasteiger partial charge in [-0.15, -0.1) is 0 Å². The summed E-state index contributed by atoms with van der Waals surface area (Å²) in [4.78, 5) is 0. The highest BCUT2D eigenvalue weighted by Gasteiger charge is 2.13. The number of hydrogen-bond acceptors (Lipinski definition) is 0. The molecule has 0 spiro atoms. The molecule has 0 aliphatic carbocycles. The van der Waals surface area contributed by atoms with Crippen molar-refractivity contribution in [3.63, 3.8) is 0 Å². The van der Waals surface area contributed by atoms with E-state index in [1.54, 1.807) is 24.3 Å². The monoisotopic (exact) mass is 207 g/mol. The maximum Gasteiger partial charge on any atom is 0.195 e. The summed E-state index contributed by atoms with van der Waals surface area (Å²) in [6, 6.07) is 11.2. The zero-order valence-corrected chi connectivity index (χ0v) is 7.60. The van der Waals surface area contributed by atoms with E-state index in [0.717, 1.165) is 6.07 Å². The summed E-state index contributed by atoms with van der Waals surface area (Å²) in [6.45, 7) is 0. The third kappa shape index (κ3) is 1.73. The van der Waals surface area contributed by atoms with Gasteiger partial charge >= 0.3 is 0 Å². The summed E-state index contributed by atoms with van der Waals surface area (Å²) in [7, 11) is 0. The van der Waals surface area contributed by atoms with Gasteiger partial charge in [0.15, 0.2) is 17.5 Å². The molecule has 2 rings (SSSR count). The Bertz CT molecular complexity index is 478. The number of benzene rings is 2. The van der Waals surface area contributed by atoms with Crippen LogP contribution in [0, 0.1) is 23.5 Å². The molecule has 0 N–H and O–H groups in total. The zero-order chi connectivity index (χ0) is 10.8. The van der Waals surface area contributed by atoms with Crippen LogP contribution in [-0.4, -0.2) is 0 Å². The summed E-state index contributed by atoms with van der Waals surface area (Å²) >= 11 is 0. The minimum Gasteiger partial charge on any atom is -0.204 e. The lowest BCUT2D eigenvalue weighted by atomic mass is 10.1. The molecule has 0 nitrogen and oxygen atoms in total. The van der Waals surface area contributed by atoms with E-state index in [4.69, 9.17) is 0 Å². The van der Waals surface area contributed by atoms with E-state index in [-0.39, 0.29) is 5.56 Å². The summed E-state index contributed by atoms with van der Waals surface area (Å²) in [5.74, 6) is -3.79. The second-order valence-corrected chi connectivity index (χ2v) is 3.01. The van der Waals surface area contributed by atoms with E-state index >= 15 is 0 Å². The molecule has 0 fully saturated rings. The van der Waals surface area contributed by atoms with Crippen molar-refractivity contribution in [1.82, 2.24) is 0 Å². The molecule has 15 heavy (non-hydrogen) atoms. The second kappa shape index (κ2) is 3.77. The van der Waals surface area contributed by atoms with Gasteiger partial charge in [-0.1, -0.05) is 24.3 Å².